The molecule has 1 aromatic rings. The summed E-state index contributed by atoms with van der Waals surface area (Å²) in [5.74, 6) is 0. The van der Waals surface area contributed by atoms with E-state index in [-0.39, 0.29) is 0 Å². The fraction of sp³-hybridized carbons (Fsp3) is 0.333. The van der Waals surface area contributed by atoms with Crippen molar-refractivity contribution in [1.82, 2.24) is 0 Å². The maximum atomic E-state index is 5.87. The lowest BCUT2D eigenvalue weighted by Crippen LogP contribution is -1.98. The van der Waals surface area contributed by atoms with Crippen LogP contribution in [0.5, 0.6) is 0 Å². The second kappa shape index (κ2) is 3.78. The molecule has 0 aliphatic heterocycles. The third kappa shape index (κ3) is 1.71. The summed E-state index contributed by atoms with van der Waals surface area (Å²) < 4.78 is 4.98. The molecule has 66 valence electrons. The van der Waals surface area contributed by atoms with Crippen LogP contribution in [0.25, 0.3) is 0 Å². The molecule has 0 amide bonds. The number of nitrogens with two attached hydrogens (primary N) is 1. The van der Waals surface area contributed by atoms with Crippen LogP contribution < -0.4 is 5.73 Å². The predicted octanol–water partition coefficient (Wildman–Crippen LogP) is 2.38. The van der Waals surface area contributed by atoms with Crippen LogP contribution in [0.3, 0.4) is 0 Å². The Morgan fingerprint density at radius 2 is 2.17 bits per heavy atom. The summed E-state index contributed by atoms with van der Waals surface area (Å²) in [5.41, 5.74) is 8.44. The molecule has 0 radical (unpaired) electrons. The summed E-state index contributed by atoms with van der Waals surface area (Å²) >= 11 is 5.87. The van der Waals surface area contributed by atoms with Gasteiger partial charge in [-0.1, -0.05) is 17.7 Å². The smallest absolute Gasteiger partial charge is 0.0733 e. The summed E-state index contributed by atoms with van der Waals surface area (Å²) in [6.45, 7) is 2.43. The largest absolute Gasteiger partial charge is 0.398 e. The lowest BCUT2D eigenvalue weighted by atomic mass is 10.1. The number of hydrogen-bond donors (Lipinski definition) is 1. The number of benzene rings is 1. The minimum absolute atomic E-state index is 0.532. The molecule has 1 rings (SSSR count). The van der Waals surface area contributed by atoms with E-state index in [0.29, 0.717) is 11.6 Å². The topological polar surface area (TPSA) is 35.2 Å². The molecule has 2 N–H and O–H groups in total. The first-order valence-electron chi connectivity index (χ1n) is 3.69. The zero-order chi connectivity index (χ0) is 9.14. The van der Waals surface area contributed by atoms with Gasteiger partial charge in [-0.2, -0.15) is 0 Å². The summed E-state index contributed by atoms with van der Waals surface area (Å²) in [6, 6.07) is 3.72. The average Bonchev–Trinajstić information content (AvgIpc) is 2.07. The van der Waals surface area contributed by atoms with Gasteiger partial charge in [0.2, 0.25) is 0 Å². The van der Waals surface area contributed by atoms with E-state index in [1.165, 1.54) is 0 Å². The molecule has 0 saturated carbocycles. The first-order chi connectivity index (χ1) is 5.66. The Balaban J connectivity index is 3.08. The molecular formula is C9H12ClNO. The molecule has 0 spiro atoms. The molecule has 0 fully saturated rings. The van der Waals surface area contributed by atoms with Crippen molar-refractivity contribution in [1.29, 1.82) is 0 Å². The third-order valence-corrected chi connectivity index (χ3v) is 2.25. The number of ether oxygens (including phenoxy) is 1. The van der Waals surface area contributed by atoms with E-state index in [4.69, 9.17) is 22.1 Å². The van der Waals surface area contributed by atoms with Crippen molar-refractivity contribution in [2.45, 2.75) is 13.5 Å². The Labute approximate surface area is 77.3 Å². The SMILES string of the molecule is COCc1ccc(Cl)c(C)c1N. The van der Waals surface area contributed by atoms with Gasteiger partial charge in [0.25, 0.3) is 0 Å². The summed E-state index contributed by atoms with van der Waals surface area (Å²) in [6.07, 6.45) is 0. The van der Waals surface area contributed by atoms with Crippen molar-refractivity contribution in [3.8, 4) is 0 Å². The average molecular weight is 186 g/mol. The van der Waals surface area contributed by atoms with Crippen molar-refractivity contribution in [2.75, 3.05) is 12.8 Å². The fourth-order valence-corrected chi connectivity index (χ4v) is 1.20. The van der Waals surface area contributed by atoms with Gasteiger partial charge in [0.05, 0.1) is 6.61 Å². The van der Waals surface area contributed by atoms with Gasteiger partial charge in [-0.25, -0.2) is 0 Å². The van der Waals surface area contributed by atoms with Crippen LogP contribution in [0.2, 0.25) is 5.02 Å². The van der Waals surface area contributed by atoms with Gasteiger partial charge < -0.3 is 10.5 Å². The Morgan fingerprint density at radius 3 is 2.75 bits per heavy atom. The predicted molar refractivity (Wildman–Crippen MR) is 51.3 cm³/mol. The van der Waals surface area contributed by atoms with Gasteiger partial charge in [0.1, 0.15) is 0 Å². The quantitative estimate of drug-likeness (QED) is 0.719. The van der Waals surface area contributed by atoms with Crippen LogP contribution in [0.15, 0.2) is 12.1 Å². The van der Waals surface area contributed by atoms with E-state index in [1.807, 2.05) is 19.1 Å². The fourth-order valence-electron chi connectivity index (χ4n) is 1.04. The molecule has 0 unspecified atom stereocenters. The highest BCUT2D eigenvalue weighted by molar-refractivity contribution is 6.31. The zero-order valence-corrected chi connectivity index (χ0v) is 7.98. The molecule has 0 aliphatic rings. The van der Waals surface area contributed by atoms with Crippen LogP contribution in [0, 0.1) is 6.92 Å². The van der Waals surface area contributed by atoms with Crippen molar-refractivity contribution in [3.05, 3.63) is 28.3 Å². The molecule has 0 bridgehead atoms. The van der Waals surface area contributed by atoms with Gasteiger partial charge in [-0.05, 0) is 18.6 Å². The highest BCUT2D eigenvalue weighted by Gasteiger charge is 2.04. The van der Waals surface area contributed by atoms with Crippen molar-refractivity contribution >= 4 is 17.3 Å². The van der Waals surface area contributed by atoms with E-state index in [0.717, 1.165) is 16.8 Å². The van der Waals surface area contributed by atoms with Crippen molar-refractivity contribution < 1.29 is 4.74 Å². The molecule has 0 atom stereocenters. The molecule has 0 aromatic heterocycles. The van der Waals surface area contributed by atoms with Gasteiger partial charge in [0, 0.05) is 23.4 Å². The molecule has 0 saturated heterocycles. The van der Waals surface area contributed by atoms with Gasteiger partial charge in [-0.15, -0.1) is 0 Å². The molecular weight excluding hydrogens is 174 g/mol. The first kappa shape index (κ1) is 9.36. The van der Waals surface area contributed by atoms with Crippen LogP contribution in [0.1, 0.15) is 11.1 Å². The molecule has 12 heavy (non-hydrogen) atoms. The lowest BCUT2D eigenvalue weighted by molar-refractivity contribution is 0.185. The van der Waals surface area contributed by atoms with Gasteiger partial charge in [-0.3, -0.25) is 0 Å². The van der Waals surface area contributed by atoms with E-state index in [9.17, 15) is 0 Å². The minimum atomic E-state index is 0.532. The lowest BCUT2D eigenvalue weighted by Gasteiger charge is -2.08. The van der Waals surface area contributed by atoms with E-state index >= 15 is 0 Å². The van der Waals surface area contributed by atoms with E-state index < -0.39 is 0 Å². The maximum Gasteiger partial charge on any atom is 0.0733 e. The molecule has 2 nitrogen and oxygen atoms in total. The molecule has 1 aromatic carbocycles. The third-order valence-electron chi connectivity index (χ3n) is 1.84. The summed E-state index contributed by atoms with van der Waals surface area (Å²) in [7, 11) is 1.64. The number of nitrogen functional groups attached to an aromatic ring is 1. The summed E-state index contributed by atoms with van der Waals surface area (Å²) in [5, 5.41) is 0.701. The Morgan fingerprint density at radius 1 is 1.50 bits per heavy atom. The van der Waals surface area contributed by atoms with Gasteiger partial charge in [0.15, 0.2) is 0 Å². The number of halogens is 1. The molecule has 0 aliphatic carbocycles. The Bertz CT molecular complexity index is 286. The second-order valence-electron chi connectivity index (χ2n) is 2.68. The minimum Gasteiger partial charge on any atom is -0.398 e. The van der Waals surface area contributed by atoms with Crippen LogP contribution in [-0.4, -0.2) is 7.11 Å². The van der Waals surface area contributed by atoms with Crippen LogP contribution in [-0.2, 0) is 11.3 Å². The molecule has 3 heteroatoms. The summed E-state index contributed by atoms with van der Waals surface area (Å²) in [4.78, 5) is 0. The standard InChI is InChI=1S/C9H12ClNO/c1-6-8(10)4-3-7(5-12-2)9(6)11/h3-4H,5,11H2,1-2H3. The maximum absolute atomic E-state index is 5.87. The monoisotopic (exact) mass is 185 g/mol. The number of rotatable bonds is 2. The Hall–Kier alpha value is -0.730. The van der Waals surface area contributed by atoms with Crippen molar-refractivity contribution in [3.63, 3.8) is 0 Å². The van der Waals surface area contributed by atoms with Crippen LogP contribution >= 0.6 is 11.6 Å². The van der Waals surface area contributed by atoms with Crippen LogP contribution in [0.4, 0.5) is 5.69 Å². The highest BCUT2D eigenvalue weighted by Crippen LogP contribution is 2.24. The normalized spacial score (nSPS) is 10.2. The number of hydrogen-bond acceptors (Lipinski definition) is 2. The van der Waals surface area contributed by atoms with Gasteiger partial charge >= 0.3 is 0 Å². The van der Waals surface area contributed by atoms with Crippen molar-refractivity contribution in [2.24, 2.45) is 0 Å². The van der Waals surface area contributed by atoms with E-state index in [1.54, 1.807) is 7.11 Å². The highest BCUT2D eigenvalue weighted by atomic mass is 35.5. The number of anilines is 1. The zero-order valence-electron chi connectivity index (χ0n) is 7.23. The first-order valence-corrected chi connectivity index (χ1v) is 4.07. The number of methoxy groups -OCH3 is 1. The Kier molecular flexibility index (Phi) is 2.95. The second-order valence-corrected chi connectivity index (χ2v) is 3.09. The molecule has 0 heterocycles. The van der Waals surface area contributed by atoms with E-state index in [2.05, 4.69) is 0 Å².